The number of fused-ring (bicyclic) bond motifs is 1. The van der Waals surface area contributed by atoms with Crippen LogP contribution >= 0.6 is 0 Å². The fourth-order valence-corrected chi connectivity index (χ4v) is 3.90. The summed E-state index contributed by atoms with van der Waals surface area (Å²) in [5.41, 5.74) is 3.97. The van der Waals surface area contributed by atoms with E-state index in [9.17, 15) is 13.6 Å². The van der Waals surface area contributed by atoms with Crippen molar-refractivity contribution in [3.05, 3.63) is 94.6 Å². The number of rotatable bonds is 7. The number of hydrogen-bond acceptors (Lipinski definition) is 4. The van der Waals surface area contributed by atoms with Crippen LogP contribution in [-0.4, -0.2) is 25.5 Å². The molecule has 6 nitrogen and oxygen atoms in total. The molecule has 32 heavy (non-hydrogen) atoms. The molecule has 0 aliphatic heterocycles. The molecule has 0 saturated heterocycles. The van der Waals surface area contributed by atoms with Crippen LogP contribution in [-0.2, 0) is 17.6 Å². The monoisotopic (exact) mass is 435 g/mol. The van der Waals surface area contributed by atoms with E-state index in [0.29, 0.717) is 29.7 Å². The molecule has 0 aliphatic carbocycles. The normalized spacial score (nSPS) is 12.1. The van der Waals surface area contributed by atoms with Crippen LogP contribution in [0.2, 0.25) is 0 Å². The van der Waals surface area contributed by atoms with Gasteiger partial charge < -0.3 is 5.32 Å². The van der Waals surface area contributed by atoms with Crippen LogP contribution in [0.4, 0.5) is 8.78 Å². The minimum Gasteiger partial charge on any atom is -0.349 e. The largest absolute Gasteiger partial charge is 0.349 e. The molecule has 1 atom stereocenters. The molecular weight excluding hydrogens is 412 g/mol. The fraction of sp³-hybridized carbons (Fsp3) is 0.250. The van der Waals surface area contributed by atoms with Crippen LogP contribution in [0.3, 0.4) is 0 Å². The predicted molar refractivity (Wildman–Crippen MR) is 116 cm³/mol. The Kier molecular flexibility index (Phi) is 6.20. The maximum atomic E-state index is 13.8. The van der Waals surface area contributed by atoms with Gasteiger partial charge in [0.15, 0.2) is 0 Å². The molecule has 2 aromatic carbocycles. The summed E-state index contributed by atoms with van der Waals surface area (Å²) in [6.45, 7) is 3.80. The zero-order valence-corrected chi connectivity index (χ0v) is 17.8. The number of aromatic nitrogens is 4. The van der Waals surface area contributed by atoms with E-state index in [2.05, 4.69) is 20.4 Å². The maximum absolute atomic E-state index is 13.8. The van der Waals surface area contributed by atoms with Crippen molar-refractivity contribution >= 4 is 11.7 Å². The number of amides is 1. The zero-order chi connectivity index (χ0) is 22.7. The van der Waals surface area contributed by atoms with Gasteiger partial charge in [-0.15, -0.1) is 0 Å². The van der Waals surface area contributed by atoms with Gasteiger partial charge in [-0.25, -0.2) is 18.3 Å². The number of aryl methyl sites for hydroxylation is 2. The van der Waals surface area contributed by atoms with Gasteiger partial charge in [0.2, 0.25) is 5.91 Å². The average molecular weight is 435 g/mol. The van der Waals surface area contributed by atoms with Gasteiger partial charge >= 0.3 is 0 Å². The molecule has 0 saturated carbocycles. The van der Waals surface area contributed by atoms with Crippen molar-refractivity contribution in [2.75, 3.05) is 0 Å². The Morgan fingerprint density at radius 3 is 2.59 bits per heavy atom. The molecule has 0 fully saturated rings. The number of nitrogens with zero attached hydrogens (tertiary/aromatic N) is 4. The lowest BCUT2D eigenvalue weighted by molar-refractivity contribution is -0.121. The predicted octanol–water partition coefficient (Wildman–Crippen LogP) is 4.05. The zero-order valence-electron chi connectivity index (χ0n) is 17.8. The summed E-state index contributed by atoms with van der Waals surface area (Å²) < 4.78 is 29.1. The summed E-state index contributed by atoms with van der Waals surface area (Å²) >= 11 is 0. The highest BCUT2D eigenvalue weighted by Gasteiger charge is 2.18. The molecular formula is C24H23F2N5O. The Balaban J connectivity index is 1.51. The van der Waals surface area contributed by atoms with Gasteiger partial charge in [-0.1, -0.05) is 24.3 Å². The average Bonchev–Trinajstić information content (AvgIpc) is 3.22. The Hall–Kier alpha value is -3.68. The van der Waals surface area contributed by atoms with E-state index >= 15 is 0 Å². The van der Waals surface area contributed by atoms with E-state index in [0.717, 1.165) is 17.0 Å². The third-order valence-corrected chi connectivity index (χ3v) is 5.51. The summed E-state index contributed by atoms with van der Waals surface area (Å²) in [5, 5.41) is 7.16. The molecule has 1 amide bonds. The third kappa shape index (κ3) is 4.80. The van der Waals surface area contributed by atoms with Gasteiger partial charge in [-0.05, 0) is 67.6 Å². The fourth-order valence-electron chi connectivity index (χ4n) is 3.90. The maximum Gasteiger partial charge on any atom is 0.252 e. The van der Waals surface area contributed by atoms with E-state index in [1.807, 2.05) is 13.8 Å². The molecule has 1 N–H and O–H groups in total. The molecule has 2 heterocycles. The van der Waals surface area contributed by atoms with Crippen molar-refractivity contribution < 1.29 is 13.6 Å². The first-order valence-corrected chi connectivity index (χ1v) is 10.4. The second-order valence-corrected chi connectivity index (χ2v) is 7.74. The quantitative estimate of drug-likeness (QED) is 0.475. The number of carbonyl (C=O) groups excluding carboxylic acids is 1. The third-order valence-electron chi connectivity index (χ3n) is 5.51. The van der Waals surface area contributed by atoms with Gasteiger partial charge in [0.05, 0.1) is 6.04 Å². The topological polar surface area (TPSA) is 72.2 Å². The van der Waals surface area contributed by atoms with Gasteiger partial charge in [-0.3, -0.25) is 4.79 Å². The molecule has 0 spiro atoms. The molecule has 4 rings (SSSR count). The van der Waals surface area contributed by atoms with Crippen LogP contribution in [0.5, 0.6) is 0 Å². The van der Waals surface area contributed by atoms with Crippen LogP contribution in [0, 0.1) is 25.5 Å². The molecule has 0 aliphatic rings. The lowest BCUT2D eigenvalue weighted by Gasteiger charge is -2.20. The SMILES string of the molecule is Cc1nc2ncnn2c(C)c1CCC(=O)NC(Cc1cccc(F)c1)c1cccc(F)c1. The van der Waals surface area contributed by atoms with Gasteiger partial charge in [0.1, 0.15) is 18.0 Å². The number of hydrogen-bond donors (Lipinski definition) is 1. The van der Waals surface area contributed by atoms with Crippen LogP contribution < -0.4 is 5.32 Å². The van der Waals surface area contributed by atoms with Crippen LogP contribution in [0.1, 0.15) is 40.5 Å². The lowest BCUT2D eigenvalue weighted by Crippen LogP contribution is -2.30. The Morgan fingerprint density at radius 1 is 1.09 bits per heavy atom. The molecule has 2 aromatic heterocycles. The number of nitrogens with one attached hydrogen (secondary N) is 1. The highest BCUT2D eigenvalue weighted by atomic mass is 19.1. The van der Waals surface area contributed by atoms with Gasteiger partial charge in [0, 0.05) is 17.8 Å². The minimum absolute atomic E-state index is 0.187. The second-order valence-electron chi connectivity index (χ2n) is 7.74. The van der Waals surface area contributed by atoms with Crippen molar-refractivity contribution in [3.8, 4) is 0 Å². The first kappa shape index (κ1) is 21.5. The summed E-state index contributed by atoms with van der Waals surface area (Å²) in [6.07, 6.45) is 2.49. The summed E-state index contributed by atoms with van der Waals surface area (Å²) in [5.74, 6) is -0.407. The van der Waals surface area contributed by atoms with Crippen molar-refractivity contribution in [3.63, 3.8) is 0 Å². The highest BCUT2D eigenvalue weighted by Crippen LogP contribution is 2.21. The van der Waals surface area contributed by atoms with Crippen molar-refractivity contribution in [2.45, 2.75) is 39.2 Å². The van der Waals surface area contributed by atoms with E-state index in [-0.39, 0.29) is 24.0 Å². The Morgan fingerprint density at radius 2 is 1.84 bits per heavy atom. The van der Waals surface area contributed by atoms with Gasteiger partial charge in [0.25, 0.3) is 5.78 Å². The first-order valence-electron chi connectivity index (χ1n) is 10.4. The van der Waals surface area contributed by atoms with Crippen molar-refractivity contribution in [1.82, 2.24) is 24.9 Å². The highest BCUT2D eigenvalue weighted by molar-refractivity contribution is 5.76. The number of carbonyl (C=O) groups is 1. The summed E-state index contributed by atoms with van der Waals surface area (Å²) in [7, 11) is 0. The molecule has 4 aromatic rings. The lowest BCUT2D eigenvalue weighted by atomic mass is 9.98. The smallest absolute Gasteiger partial charge is 0.252 e. The van der Waals surface area contributed by atoms with E-state index in [1.54, 1.807) is 28.8 Å². The summed E-state index contributed by atoms with van der Waals surface area (Å²) in [4.78, 5) is 21.4. The van der Waals surface area contributed by atoms with Crippen LogP contribution in [0.15, 0.2) is 54.9 Å². The van der Waals surface area contributed by atoms with E-state index < -0.39 is 6.04 Å². The second kappa shape index (κ2) is 9.21. The summed E-state index contributed by atoms with van der Waals surface area (Å²) in [6, 6.07) is 11.8. The van der Waals surface area contributed by atoms with E-state index in [4.69, 9.17) is 0 Å². The van der Waals surface area contributed by atoms with Crippen LogP contribution in [0.25, 0.3) is 5.78 Å². The number of benzene rings is 2. The number of halogens is 2. The van der Waals surface area contributed by atoms with E-state index in [1.165, 1.54) is 30.6 Å². The molecule has 1 unspecified atom stereocenters. The molecule has 164 valence electrons. The van der Waals surface area contributed by atoms with Crippen molar-refractivity contribution in [1.29, 1.82) is 0 Å². The molecule has 0 radical (unpaired) electrons. The first-order chi connectivity index (χ1) is 15.4. The van der Waals surface area contributed by atoms with Gasteiger partial charge in [-0.2, -0.15) is 10.1 Å². The van der Waals surface area contributed by atoms with Crippen molar-refractivity contribution in [2.24, 2.45) is 0 Å². The molecule has 0 bridgehead atoms. The standard InChI is InChI=1S/C24H23F2N5O/c1-15-21(16(2)31-24(29-15)27-14-28-31)9-10-23(32)30-22(18-6-4-8-20(26)13-18)12-17-5-3-7-19(25)11-17/h3-8,11,13-14,22H,9-10,12H2,1-2H3,(H,30,32). The Bertz CT molecular complexity index is 1270. The minimum atomic E-state index is -0.488. The molecule has 8 heteroatoms. The Labute approximate surface area is 184 Å².